The molecule has 10 heteroatoms. The molecule has 8 nitrogen and oxygen atoms in total. The smallest absolute Gasteiger partial charge is 0.270 e. The summed E-state index contributed by atoms with van der Waals surface area (Å²) >= 11 is 11.9. The highest BCUT2D eigenvalue weighted by molar-refractivity contribution is 6.33. The van der Waals surface area contributed by atoms with Crippen LogP contribution in [0.5, 0.6) is 0 Å². The molecule has 0 aromatic heterocycles. The highest BCUT2D eigenvalue weighted by atomic mass is 35.5. The summed E-state index contributed by atoms with van der Waals surface area (Å²) in [6.45, 7) is 4.37. The van der Waals surface area contributed by atoms with Crippen molar-refractivity contribution in [2.45, 2.75) is 6.54 Å². The van der Waals surface area contributed by atoms with Crippen LogP contribution in [-0.4, -0.2) is 59.6 Å². The predicted octanol–water partition coefficient (Wildman–Crippen LogP) is 3.17. The number of hydrogen-bond donors (Lipinski definition) is 1. The number of nitro benzene ring substituents is 1. The quantitative estimate of drug-likeness (QED) is 0.398. The monoisotopic (exact) mass is 449 g/mol. The molecule has 30 heavy (non-hydrogen) atoms. The number of carbonyl (C=O) groups is 1. The van der Waals surface area contributed by atoms with Crippen LogP contribution >= 0.6 is 23.2 Å². The number of hydrazone groups is 1. The van der Waals surface area contributed by atoms with Gasteiger partial charge in [0.1, 0.15) is 0 Å². The zero-order chi connectivity index (χ0) is 21.5. The standard InChI is InChI=1S/C20H21Cl2N5O3/c21-17-3-1-15(2-4-17)13-25-7-9-26(10-8-25)14-20(28)24-23-12-16-11-18(27(29)30)5-6-19(16)22/h1-6,11-12H,7-10,13-14H2,(H,24,28)/b23-12-. The summed E-state index contributed by atoms with van der Waals surface area (Å²) in [5, 5.41) is 15.7. The van der Waals surface area contributed by atoms with Gasteiger partial charge < -0.3 is 0 Å². The fourth-order valence-corrected chi connectivity index (χ4v) is 3.40. The van der Waals surface area contributed by atoms with Crippen LogP contribution in [0, 0.1) is 10.1 Å². The van der Waals surface area contributed by atoms with Crippen LogP contribution < -0.4 is 5.43 Å². The molecule has 1 heterocycles. The molecule has 2 aromatic carbocycles. The van der Waals surface area contributed by atoms with Crippen LogP contribution in [0.3, 0.4) is 0 Å². The minimum atomic E-state index is -0.515. The fourth-order valence-electron chi connectivity index (χ4n) is 3.11. The number of amides is 1. The average molecular weight is 450 g/mol. The van der Waals surface area contributed by atoms with Gasteiger partial charge in [0.15, 0.2) is 0 Å². The van der Waals surface area contributed by atoms with Crippen LogP contribution in [0.2, 0.25) is 10.0 Å². The molecule has 0 unspecified atom stereocenters. The Balaban J connectivity index is 1.43. The summed E-state index contributed by atoms with van der Waals surface area (Å²) in [6, 6.07) is 11.9. The normalized spacial score (nSPS) is 15.4. The number of nitrogens with one attached hydrogen (secondary N) is 1. The Morgan fingerprint density at radius 3 is 2.43 bits per heavy atom. The maximum Gasteiger partial charge on any atom is 0.270 e. The van der Waals surface area contributed by atoms with Crippen molar-refractivity contribution in [2.24, 2.45) is 5.10 Å². The number of hydrogen-bond acceptors (Lipinski definition) is 6. The minimum Gasteiger partial charge on any atom is -0.297 e. The van der Waals surface area contributed by atoms with Crippen molar-refractivity contribution in [1.29, 1.82) is 0 Å². The van der Waals surface area contributed by atoms with Crippen molar-refractivity contribution >= 4 is 41.0 Å². The van der Waals surface area contributed by atoms with E-state index in [-0.39, 0.29) is 18.1 Å². The average Bonchev–Trinajstić information content (AvgIpc) is 2.72. The number of nitrogens with zero attached hydrogens (tertiary/aromatic N) is 4. The Labute approximate surface area is 184 Å². The van der Waals surface area contributed by atoms with E-state index in [1.165, 1.54) is 30.0 Å². The second-order valence-electron chi connectivity index (χ2n) is 6.93. The molecule has 3 rings (SSSR count). The SMILES string of the molecule is O=C(CN1CCN(Cc2ccc(Cl)cc2)CC1)N/N=C\c1cc([N+](=O)[O-])ccc1Cl. The number of rotatable bonds is 7. The van der Waals surface area contributed by atoms with Crippen LogP contribution in [0.25, 0.3) is 0 Å². The maximum atomic E-state index is 12.1. The van der Waals surface area contributed by atoms with Gasteiger partial charge in [-0.05, 0) is 23.8 Å². The molecule has 0 bridgehead atoms. The second kappa shape index (κ2) is 10.5. The summed E-state index contributed by atoms with van der Waals surface area (Å²) in [6.07, 6.45) is 1.30. The van der Waals surface area contributed by atoms with Gasteiger partial charge in [-0.1, -0.05) is 35.3 Å². The molecule has 0 saturated carbocycles. The van der Waals surface area contributed by atoms with E-state index < -0.39 is 4.92 Å². The van der Waals surface area contributed by atoms with Gasteiger partial charge in [0.05, 0.1) is 17.7 Å². The topological polar surface area (TPSA) is 91.1 Å². The van der Waals surface area contributed by atoms with E-state index in [0.29, 0.717) is 10.6 Å². The Hall–Kier alpha value is -2.52. The maximum absolute atomic E-state index is 12.1. The third-order valence-electron chi connectivity index (χ3n) is 4.73. The van der Waals surface area contributed by atoms with Gasteiger partial charge in [-0.2, -0.15) is 5.10 Å². The van der Waals surface area contributed by atoms with E-state index in [9.17, 15) is 14.9 Å². The zero-order valence-electron chi connectivity index (χ0n) is 16.1. The number of halogens is 2. The Bertz CT molecular complexity index is 929. The molecular formula is C20H21Cl2N5O3. The zero-order valence-corrected chi connectivity index (χ0v) is 17.6. The first kappa shape index (κ1) is 22.2. The summed E-state index contributed by atoms with van der Waals surface area (Å²) in [7, 11) is 0. The molecule has 1 saturated heterocycles. The van der Waals surface area contributed by atoms with E-state index >= 15 is 0 Å². The number of non-ortho nitro benzene ring substituents is 1. The van der Waals surface area contributed by atoms with E-state index in [2.05, 4.69) is 20.3 Å². The van der Waals surface area contributed by atoms with Gasteiger partial charge in [-0.15, -0.1) is 0 Å². The van der Waals surface area contributed by atoms with Crippen LogP contribution in [0.4, 0.5) is 5.69 Å². The van der Waals surface area contributed by atoms with Gasteiger partial charge >= 0.3 is 0 Å². The highest BCUT2D eigenvalue weighted by Gasteiger charge is 2.19. The molecule has 158 valence electrons. The number of benzene rings is 2. The summed E-state index contributed by atoms with van der Waals surface area (Å²) < 4.78 is 0. The lowest BCUT2D eigenvalue weighted by Crippen LogP contribution is -2.48. The number of piperazine rings is 1. The van der Waals surface area contributed by atoms with Crippen molar-refractivity contribution in [3.63, 3.8) is 0 Å². The second-order valence-corrected chi connectivity index (χ2v) is 7.78. The molecule has 1 aliphatic rings. The lowest BCUT2D eigenvalue weighted by Gasteiger charge is -2.34. The predicted molar refractivity (Wildman–Crippen MR) is 117 cm³/mol. The summed E-state index contributed by atoms with van der Waals surface area (Å²) in [5.41, 5.74) is 3.92. The van der Waals surface area contributed by atoms with Crippen molar-refractivity contribution in [3.05, 3.63) is 73.8 Å². The molecule has 0 spiro atoms. The molecule has 1 N–H and O–H groups in total. The molecular weight excluding hydrogens is 429 g/mol. The van der Waals surface area contributed by atoms with Gasteiger partial charge in [0.2, 0.25) is 0 Å². The van der Waals surface area contributed by atoms with E-state index in [1.807, 2.05) is 24.3 Å². The van der Waals surface area contributed by atoms with E-state index in [4.69, 9.17) is 23.2 Å². The van der Waals surface area contributed by atoms with Crippen LogP contribution in [0.1, 0.15) is 11.1 Å². The first-order chi connectivity index (χ1) is 14.4. The van der Waals surface area contributed by atoms with Crippen LogP contribution in [0.15, 0.2) is 47.6 Å². The molecule has 0 radical (unpaired) electrons. The molecule has 0 aliphatic carbocycles. The number of nitro groups is 1. The summed E-state index contributed by atoms with van der Waals surface area (Å²) in [5.74, 6) is -0.251. The van der Waals surface area contributed by atoms with E-state index in [0.717, 1.165) is 37.7 Å². The minimum absolute atomic E-state index is 0.0938. The molecule has 2 aromatic rings. The molecule has 1 aliphatic heterocycles. The summed E-state index contributed by atoms with van der Waals surface area (Å²) in [4.78, 5) is 26.9. The van der Waals surface area contributed by atoms with Gasteiger partial charge in [-0.25, -0.2) is 5.43 Å². The van der Waals surface area contributed by atoms with Crippen molar-refractivity contribution < 1.29 is 9.72 Å². The third kappa shape index (κ3) is 6.50. The fraction of sp³-hybridized carbons (Fsp3) is 0.300. The van der Waals surface area contributed by atoms with Crippen molar-refractivity contribution in [1.82, 2.24) is 15.2 Å². The first-order valence-electron chi connectivity index (χ1n) is 9.36. The highest BCUT2D eigenvalue weighted by Crippen LogP contribution is 2.20. The van der Waals surface area contributed by atoms with Gasteiger partial charge in [0, 0.05) is 60.5 Å². The van der Waals surface area contributed by atoms with Crippen molar-refractivity contribution in [2.75, 3.05) is 32.7 Å². The lowest BCUT2D eigenvalue weighted by molar-refractivity contribution is -0.384. The number of carbonyl (C=O) groups excluding carboxylic acids is 1. The van der Waals surface area contributed by atoms with Crippen LogP contribution in [-0.2, 0) is 11.3 Å². The Morgan fingerprint density at radius 2 is 1.77 bits per heavy atom. The van der Waals surface area contributed by atoms with Gasteiger partial charge in [0.25, 0.3) is 11.6 Å². The molecule has 1 amide bonds. The van der Waals surface area contributed by atoms with Gasteiger partial charge in [-0.3, -0.25) is 24.7 Å². The Morgan fingerprint density at radius 1 is 1.10 bits per heavy atom. The molecule has 1 fully saturated rings. The lowest BCUT2D eigenvalue weighted by atomic mass is 10.2. The molecule has 0 atom stereocenters. The van der Waals surface area contributed by atoms with Crippen molar-refractivity contribution in [3.8, 4) is 0 Å². The first-order valence-corrected chi connectivity index (χ1v) is 10.1. The third-order valence-corrected chi connectivity index (χ3v) is 5.33. The largest absolute Gasteiger partial charge is 0.297 e. The van der Waals surface area contributed by atoms with E-state index in [1.54, 1.807) is 0 Å². The Kier molecular flexibility index (Phi) is 7.75.